The maximum atomic E-state index is 15.0. The van der Waals surface area contributed by atoms with Crippen molar-refractivity contribution in [2.24, 2.45) is 0 Å². The highest BCUT2D eigenvalue weighted by molar-refractivity contribution is 6.68. The van der Waals surface area contributed by atoms with Crippen molar-refractivity contribution >= 4 is 69.7 Å². The van der Waals surface area contributed by atoms with Gasteiger partial charge in [-0.3, -0.25) is 4.79 Å². The molecule has 0 radical (unpaired) electrons. The van der Waals surface area contributed by atoms with Gasteiger partial charge < -0.3 is 5.32 Å². The molecule has 1 aliphatic carbocycles. The van der Waals surface area contributed by atoms with Crippen molar-refractivity contribution in [3.05, 3.63) is 58.9 Å². The van der Waals surface area contributed by atoms with Gasteiger partial charge in [0.05, 0.1) is 10.7 Å². The molecule has 2 aromatic carbocycles. The van der Waals surface area contributed by atoms with E-state index in [1.807, 2.05) is 12.1 Å². The minimum absolute atomic E-state index is 0.00306. The quantitative estimate of drug-likeness (QED) is 0.189. The molecule has 5 rings (SSSR count). The number of rotatable bonds is 5. The highest BCUT2D eigenvalue weighted by Crippen LogP contribution is 2.55. The summed E-state index contributed by atoms with van der Waals surface area (Å²) in [5.41, 5.74) is 1.52. The topological polar surface area (TPSA) is 52.4 Å². The van der Waals surface area contributed by atoms with E-state index in [4.69, 9.17) is 46.4 Å². The van der Waals surface area contributed by atoms with E-state index < -0.39 is 38.5 Å². The van der Waals surface area contributed by atoms with Gasteiger partial charge in [0.25, 0.3) is 0 Å². The van der Waals surface area contributed by atoms with Crippen LogP contribution in [-0.2, 0) is 4.79 Å². The van der Waals surface area contributed by atoms with Gasteiger partial charge >= 0.3 is 18.1 Å². The molecule has 2 aromatic rings. The first-order chi connectivity index (χ1) is 16.6. The van der Waals surface area contributed by atoms with Gasteiger partial charge in [-0.1, -0.05) is 94.5 Å². The molecule has 0 aromatic heterocycles. The molecule has 35 heavy (non-hydrogen) atoms. The number of urea groups is 1. The molecule has 186 valence electrons. The molecule has 2 saturated heterocycles. The zero-order valence-electron chi connectivity index (χ0n) is 18.9. The van der Waals surface area contributed by atoms with Gasteiger partial charge in [-0.25, -0.2) is 14.1 Å². The number of amides is 3. The van der Waals surface area contributed by atoms with Crippen molar-refractivity contribution in [2.45, 2.75) is 54.1 Å². The van der Waals surface area contributed by atoms with Crippen molar-refractivity contribution in [3.8, 4) is 0 Å². The number of carbonyl (C=O) groups excluding carboxylic acids is 2. The molecule has 4 atom stereocenters. The highest BCUT2D eigenvalue weighted by atomic mass is 35.6. The summed E-state index contributed by atoms with van der Waals surface area (Å²) in [4.78, 5) is 27.3. The van der Waals surface area contributed by atoms with Crippen LogP contribution in [0.15, 0.2) is 42.5 Å². The molecule has 6 nitrogen and oxygen atoms in total. The van der Waals surface area contributed by atoms with Crippen molar-refractivity contribution < 1.29 is 14.0 Å². The summed E-state index contributed by atoms with van der Waals surface area (Å²) in [5.74, 6) is -0.819. The lowest BCUT2D eigenvalue weighted by Crippen LogP contribution is -2.53. The first-order valence-electron chi connectivity index (χ1n) is 11.5. The average Bonchev–Trinajstić information content (AvgIpc) is 3.46. The third kappa shape index (κ3) is 3.92. The molecule has 2 aliphatic heterocycles. The Morgan fingerprint density at radius 3 is 2.40 bits per heavy atom. The fourth-order valence-electron chi connectivity index (χ4n) is 5.49. The fraction of sp³-hybridized carbons (Fsp3) is 0.417. The Balaban J connectivity index is 1.55. The Kier molecular flexibility index (Phi) is 6.48. The van der Waals surface area contributed by atoms with Gasteiger partial charge in [0.15, 0.2) is 17.7 Å². The molecule has 4 unspecified atom stereocenters. The third-order valence-corrected chi connectivity index (χ3v) is 8.25. The van der Waals surface area contributed by atoms with Crippen LogP contribution in [0, 0.1) is 5.82 Å². The minimum Gasteiger partial charge on any atom is -0.361 e. The third-order valence-electron chi connectivity index (χ3n) is 7.20. The Labute approximate surface area is 223 Å². The number of quaternary nitrogens is 1. The second kappa shape index (κ2) is 9.05. The van der Waals surface area contributed by atoms with Crippen molar-refractivity contribution in [1.82, 2.24) is 14.5 Å². The first kappa shape index (κ1) is 25.1. The van der Waals surface area contributed by atoms with Crippen LogP contribution in [0.1, 0.15) is 43.6 Å². The summed E-state index contributed by atoms with van der Waals surface area (Å²) in [6, 6.07) is 10.8. The van der Waals surface area contributed by atoms with E-state index in [0.29, 0.717) is 16.6 Å². The smallest absolute Gasteiger partial charge is 0.361 e. The van der Waals surface area contributed by atoms with Crippen LogP contribution in [0.5, 0.6) is 0 Å². The number of halogens is 5. The molecule has 1 N–H and O–H groups in total. The lowest BCUT2D eigenvalue weighted by Gasteiger charge is -2.30. The van der Waals surface area contributed by atoms with Gasteiger partial charge in [0.1, 0.15) is 0 Å². The van der Waals surface area contributed by atoms with Gasteiger partial charge in [0.2, 0.25) is 3.79 Å². The predicted octanol–water partition coefficient (Wildman–Crippen LogP) is 6.79. The Morgan fingerprint density at radius 2 is 1.74 bits per heavy atom. The van der Waals surface area contributed by atoms with E-state index in [2.05, 4.69) is 5.32 Å². The van der Waals surface area contributed by atoms with E-state index in [0.717, 1.165) is 36.1 Å². The van der Waals surface area contributed by atoms with Crippen molar-refractivity contribution in [1.29, 1.82) is 0 Å². The summed E-state index contributed by atoms with van der Waals surface area (Å²) >= 11 is 26.0. The van der Waals surface area contributed by atoms with E-state index in [-0.39, 0.29) is 5.69 Å². The molecule has 3 aliphatic rings. The number of imide groups is 1. The SMILES string of the molecule is CN1C(=O)C2N(C(Nc3cccc(C4CCCCC4)c3Cl)C(Cl)(Cl)Cl)[N+]2(c2ccccc2F)C1=O. The zero-order valence-corrected chi connectivity index (χ0v) is 21.9. The van der Waals surface area contributed by atoms with Crippen LogP contribution in [0.2, 0.25) is 5.02 Å². The number of nitrogens with one attached hydrogen (secondary N) is 1. The van der Waals surface area contributed by atoms with Crippen LogP contribution in [0.25, 0.3) is 0 Å². The van der Waals surface area contributed by atoms with Crippen LogP contribution >= 0.6 is 46.4 Å². The van der Waals surface area contributed by atoms with Crippen LogP contribution in [0.4, 0.5) is 20.6 Å². The molecule has 2 heterocycles. The van der Waals surface area contributed by atoms with Crippen LogP contribution in [-0.4, -0.2) is 45.0 Å². The summed E-state index contributed by atoms with van der Waals surface area (Å²) in [6.45, 7) is 0. The first-order valence-corrected chi connectivity index (χ1v) is 13.0. The van der Waals surface area contributed by atoms with E-state index in [9.17, 15) is 14.0 Å². The summed E-state index contributed by atoms with van der Waals surface area (Å²) in [6.07, 6.45) is 3.36. The molecule has 11 heteroatoms. The molecular weight excluding hydrogens is 537 g/mol. The molecule has 3 fully saturated rings. The molecule has 0 spiro atoms. The maximum Gasteiger partial charge on any atom is 0.452 e. The van der Waals surface area contributed by atoms with Crippen LogP contribution in [0.3, 0.4) is 0 Å². The number of hydrogen-bond donors (Lipinski definition) is 1. The number of alkyl halides is 3. The number of likely N-dealkylation sites (N-methyl/N-ethyl adjacent to an activating group) is 1. The lowest BCUT2D eigenvalue weighted by atomic mass is 9.84. The second-order valence-electron chi connectivity index (χ2n) is 9.20. The number of anilines is 1. The van der Waals surface area contributed by atoms with Gasteiger partial charge in [-0.15, -0.1) is 0 Å². The van der Waals surface area contributed by atoms with E-state index in [1.54, 1.807) is 12.1 Å². The molecule has 3 amide bonds. The van der Waals surface area contributed by atoms with Crippen molar-refractivity contribution in [3.63, 3.8) is 0 Å². The average molecular weight is 561 g/mol. The fourth-order valence-corrected chi connectivity index (χ4v) is 6.29. The van der Waals surface area contributed by atoms with E-state index in [1.165, 1.54) is 36.7 Å². The largest absolute Gasteiger partial charge is 0.452 e. The lowest BCUT2D eigenvalue weighted by molar-refractivity contribution is -0.126. The molecular formula is C24H24Cl4FN4O2+. The number of carbonyl (C=O) groups is 2. The minimum atomic E-state index is -2.00. The standard InChI is InChI=1S/C24H24Cl4FN4O2/c1-31-21(34)20-32(33(20,23(31)35)18-13-6-5-11-16(18)29)22(24(26,27)28)30-17-12-7-10-15(19(17)25)14-8-3-2-4-9-14/h5-7,10-14,20,22,30H,2-4,8-9H2,1H3/q+1. The van der Waals surface area contributed by atoms with E-state index >= 15 is 0 Å². The molecule has 0 bridgehead atoms. The Morgan fingerprint density at radius 1 is 1.06 bits per heavy atom. The number of fused-ring (bicyclic) bond motifs is 1. The van der Waals surface area contributed by atoms with Gasteiger partial charge in [-0.2, -0.15) is 0 Å². The summed E-state index contributed by atoms with van der Waals surface area (Å²) < 4.78 is 12.2. The summed E-state index contributed by atoms with van der Waals surface area (Å²) in [7, 11) is 1.36. The number of para-hydroxylation sites is 1. The Hall–Kier alpha value is -1.61. The number of benzene rings is 2. The normalized spacial score (nSPS) is 27.7. The second-order valence-corrected chi connectivity index (χ2v) is 11.9. The van der Waals surface area contributed by atoms with Crippen molar-refractivity contribution in [2.75, 3.05) is 12.4 Å². The van der Waals surface area contributed by atoms with Gasteiger partial charge in [0, 0.05) is 13.1 Å². The zero-order chi connectivity index (χ0) is 25.1. The maximum absolute atomic E-state index is 15.0. The molecule has 1 saturated carbocycles. The van der Waals surface area contributed by atoms with Crippen LogP contribution < -0.4 is 9.91 Å². The monoisotopic (exact) mass is 559 g/mol. The summed E-state index contributed by atoms with van der Waals surface area (Å²) in [5, 5.41) is 5.06. The number of hydrogen-bond acceptors (Lipinski definition) is 4. The van der Waals surface area contributed by atoms with Gasteiger partial charge in [-0.05, 0) is 41.5 Å². The predicted molar refractivity (Wildman–Crippen MR) is 137 cm³/mol. The number of nitrogens with zero attached hydrogens (tertiary/aromatic N) is 3. The highest BCUT2D eigenvalue weighted by Gasteiger charge is 2.86. The Bertz CT molecular complexity index is 1190.